The van der Waals surface area contributed by atoms with Crippen molar-refractivity contribution >= 4 is 11.9 Å². The van der Waals surface area contributed by atoms with Crippen LogP contribution < -0.4 is 10.1 Å². The van der Waals surface area contributed by atoms with E-state index in [4.69, 9.17) is 4.74 Å². The van der Waals surface area contributed by atoms with Crippen molar-refractivity contribution in [1.29, 1.82) is 0 Å². The average Bonchev–Trinajstić information content (AvgIpc) is 2.73. The Morgan fingerprint density at radius 3 is 2.67 bits per heavy atom. The molecule has 0 saturated carbocycles. The Kier molecular flexibility index (Phi) is 5.14. The van der Waals surface area contributed by atoms with Crippen molar-refractivity contribution in [3.63, 3.8) is 0 Å². The van der Waals surface area contributed by atoms with E-state index < -0.39 is 0 Å². The predicted molar refractivity (Wildman–Crippen MR) is 75.5 cm³/mol. The molecule has 0 radical (unpaired) electrons. The first-order valence-electron chi connectivity index (χ1n) is 7.12. The number of rotatable bonds is 7. The van der Waals surface area contributed by atoms with Crippen LogP contribution in [0, 0.1) is 5.82 Å². The van der Waals surface area contributed by atoms with Crippen molar-refractivity contribution in [2.45, 2.75) is 32.2 Å². The molecule has 1 aromatic rings. The third-order valence-corrected chi connectivity index (χ3v) is 3.29. The van der Waals surface area contributed by atoms with Crippen LogP contribution in [0.5, 0.6) is 5.75 Å². The standard InChI is InChI=1S/C15H19FN2O3/c1-2-4-13-14(19)18(15(20)17-13)9-3-10-21-12-7-5-11(16)6-8-12/h5-8,13H,2-4,9-10H2,1H3,(H,17,20)/t13-/m0/s1. The van der Waals surface area contributed by atoms with Crippen LogP contribution in [0.1, 0.15) is 26.2 Å². The van der Waals surface area contributed by atoms with E-state index in [1.807, 2.05) is 6.92 Å². The molecule has 0 aromatic heterocycles. The molecule has 1 aliphatic rings. The average molecular weight is 294 g/mol. The van der Waals surface area contributed by atoms with Crippen LogP contribution in [-0.2, 0) is 4.79 Å². The highest BCUT2D eigenvalue weighted by atomic mass is 19.1. The minimum Gasteiger partial charge on any atom is -0.494 e. The molecule has 1 atom stereocenters. The summed E-state index contributed by atoms with van der Waals surface area (Å²) in [5.41, 5.74) is 0. The molecule has 0 spiro atoms. The van der Waals surface area contributed by atoms with Crippen molar-refractivity contribution in [3.05, 3.63) is 30.1 Å². The number of ether oxygens (including phenoxy) is 1. The Morgan fingerprint density at radius 1 is 1.29 bits per heavy atom. The number of amides is 3. The van der Waals surface area contributed by atoms with Gasteiger partial charge in [0.15, 0.2) is 0 Å². The van der Waals surface area contributed by atoms with E-state index in [0.717, 1.165) is 6.42 Å². The molecule has 114 valence electrons. The highest BCUT2D eigenvalue weighted by molar-refractivity contribution is 6.04. The van der Waals surface area contributed by atoms with E-state index in [1.165, 1.54) is 17.0 Å². The first kappa shape index (κ1) is 15.3. The quantitative estimate of drug-likeness (QED) is 0.620. The molecular weight excluding hydrogens is 275 g/mol. The van der Waals surface area contributed by atoms with Crippen LogP contribution in [0.4, 0.5) is 9.18 Å². The van der Waals surface area contributed by atoms with Gasteiger partial charge in [0, 0.05) is 6.54 Å². The summed E-state index contributed by atoms with van der Waals surface area (Å²) in [6.07, 6.45) is 2.04. The minimum absolute atomic E-state index is 0.163. The number of carbonyl (C=O) groups is 2. The number of hydrogen-bond acceptors (Lipinski definition) is 3. The monoisotopic (exact) mass is 294 g/mol. The zero-order valence-electron chi connectivity index (χ0n) is 12.0. The summed E-state index contributed by atoms with van der Waals surface area (Å²) in [5, 5.41) is 2.67. The third kappa shape index (κ3) is 3.93. The van der Waals surface area contributed by atoms with Crippen molar-refractivity contribution < 1.29 is 18.7 Å². The van der Waals surface area contributed by atoms with Crippen molar-refractivity contribution in [3.8, 4) is 5.75 Å². The van der Waals surface area contributed by atoms with E-state index in [1.54, 1.807) is 12.1 Å². The fourth-order valence-corrected chi connectivity index (χ4v) is 2.22. The summed E-state index contributed by atoms with van der Waals surface area (Å²) in [4.78, 5) is 24.9. The lowest BCUT2D eigenvalue weighted by Gasteiger charge is -2.13. The zero-order valence-corrected chi connectivity index (χ0v) is 12.0. The first-order valence-corrected chi connectivity index (χ1v) is 7.12. The highest BCUT2D eigenvalue weighted by Gasteiger charge is 2.36. The number of hydrogen-bond donors (Lipinski definition) is 1. The van der Waals surface area contributed by atoms with Gasteiger partial charge in [0.25, 0.3) is 5.91 Å². The number of nitrogens with one attached hydrogen (secondary N) is 1. The molecule has 2 rings (SSSR count). The number of halogens is 1. The van der Waals surface area contributed by atoms with Gasteiger partial charge in [-0.15, -0.1) is 0 Å². The Bertz CT molecular complexity index is 504. The molecule has 5 nitrogen and oxygen atoms in total. The van der Waals surface area contributed by atoms with E-state index >= 15 is 0 Å². The Balaban J connectivity index is 1.74. The molecule has 1 aromatic carbocycles. The van der Waals surface area contributed by atoms with Gasteiger partial charge in [0.2, 0.25) is 0 Å². The van der Waals surface area contributed by atoms with Crippen LogP contribution in [-0.4, -0.2) is 36.0 Å². The lowest BCUT2D eigenvalue weighted by molar-refractivity contribution is -0.127. The maximum Gasteiger partial charge on any atom is 0.324 e. The lowest BCUT2D eigenvalue weighted by atomic mass is 10.2. The molecule has 1 saturated heterocycles. The summed E-state index contributed by atoms with van der Waals surface area (Å²) in [7, 11) is 0. The van der Waals surface area contributed by atoms with Gasteiger partial charge in [0.05, 0.1) is 6.61 Å². The Morgan fingerprint density at radius 2 is 2.00 bits per heavy atom. The number of imide groups is 1. The Hall–Kier alpha value is -2.11. The summed E-state index contributed by atoms with van der Waals surface area (Å²) in [6.45, 7) is 2.66. The molecule has 0 bridgehead atoms. The summed E-state index contributed by atoms with van der Waals surface area (Å²) >= 11 is 0. The molecule has 6 heteroatoms. The van der Waals surface area contributed by atoms with Gasteiger partial charge in [-0.3, -0.25) is 9.69 Å². The Labute approximate surface area is 123 Å². The van der Waals surface area contributed by atoms with Gasteiger partial charge >= 0.3 is 6.03 Å². The van der Waals surface area contributed by atoms with Crippen LogP contribution in [0.15, 0.2) is 24.3 Å². The van der Waals surface area contributed by atoms with Crippen LogP contribution in [0.3, 0.4) is 0 Å². The molecule has 3 amide bonds. The topological polar surface area (TPSA) is 58.6 Å². The number of nitrogens with zero attached hydrogens (tertiary/aromatic N) is 1. The van der Waals surface area contributed by atoms with Gasteiger partial charge in [0.1, 0.15) is 17.6 Å². The largest absolute Gasteiger partial charge is 0.494 e. The van der Waals surface area contributed by atoms with Crippen molar-refractivity contribution in [1.82, 2.24) is 10.2 Å². The molecule has 1 heterocycles. The number of urea groups is 1. The molecule has 0 unspecified atom stereocenters. The van der Waals surface area contributed by atoms with E-state index in [2.05, 4.69) is 5.32 Å². The van der Waals surface area contributed by atoms with Crippen molar-refractivity contribution in [2.75, 3.05) is 13.2 Å². The van der Waals surface area contributed by atoms with Gasteiger partial charge in [-0.05, 0) is 37.1 Å². The minimum atomic E-state index is -0.388. The molecule has 21 heavy (non-hydrogen) atoms. The van der Waals surface area contributed by atoms with Crippen molar-refractivity contribution in [2.24, 2.45) is 0 Å². The molecular formula is C15H19FN2O3. The molecule has 0 aliphatic carbocycles. The van der Waals surface area contributed by atoms with E-state index in [-0.39, 0.29) is 23.8 Å². The van der Waals surface area contributed by atoms with E-state index in [0.29, 0.717) is 31.7 Å². The smallest absolute Gasteiger partial charge is 0.324 e. The predicted octanol–water partition coefficient (Wildman–Crippen LogP) is 2.32. The SMILES string of the molecule is CCC[C@@H]1NC(=O)N(CCCOc2ccc(F)cc2)C1=O. The first-order chi connectivity index (χ1) is 10.1. The fraction of sp³-hybridized carbons (Fsp3) is 0.467. The second kappa shape index (κ2) is 7.06. The van der Waals surface area contributed by atoms with Crippen LogP contribution >= 0.6 is 0 Å². The summed E-state index contributed by atoms with van der Waals surface area (Å²) < 4.78 is 18.2. The maximum absolute atomic E-state index is 12.7. The number of benzene rings is 1. The summed E-state index contributed by atoms with van der Waals surface area (Å²) in [5.74, 6) is 0.0877. The van der Waals surface area contributed by atoms with Gasteiger partial charge in [-0.25, -0.2) is 9.18 Å². The maximum atomic E-state index is 12.7. The molecule has 1 fully saturated rings. The fourth-order valence-electron chi connectivity index (χ4n) is 2.22. The molecule has 1 aliphatic heterocycles. The van der Waals surface area contributed by atoms with Gasteiger partial charge < -0.3 is 10.1 Å². The normalized spacial score (nSPS) is 18.0. The lowest BCUT2D eigenvalue weighted by Crippen LogP contribution is -2.33. The third-order valence-electron chi connectivity index (χ3n) is 3.29. The highest BCUT2D eigenvalue weighted by Crippen LogP contribution is 2.13. The number of carbonyl (C=O) groups excluding carboxylic acids is 2. The molecule has 1 N–H and O–H groups in total. The summed E-state index contributed by atoms with van der Waals surface area (Å²) in [6, 6.07) is 5.01. The van der Waals surface area contributed by atoms with Gasteiger partial charge in [-0.2, -0.15) is 0 Å². The van der Waals surface area contributed by atoms with Gasteiger partial charge in [-0.1, -0.05) is 13.3 Å². The second-order valence-electron chi connectivity index (χ2n) is 4.94. The van der Waals surface area contributed by atoms with Crippen LogP contribution in [0.2, 0.25) is 0 Å². The second-order valence-corrected chi connectivity index (χ2v) is 4.94. The van der Waals surface area contributed by atoms with E-state index in [9.17, 15) is 14.0 Å². The zero-order chi connectivity index (χ0) is 15.2. The van der Waals surface area contributed by atoms with Crippen LogP contribution in [0.25, 0.3) is 0 Å².